The Kier molecular flexibility index (Phi) is 5.10. The van der Waals surface area contributed by atoms with Gasteiger partial charge in [-0.05, 0) is 17.9 Å². The molecule has 7 nitrogen and oxygen atoms in total. The van der Waals surface area contributed by atoms with Gasteiger partial charge in [0.2, 0.25) is 5.95 Å². The Labute approximate surface area is 135 Å². The monoisotopic (exact) mass is 320 g/mol. The zero-order valence-corrected chi connectivity index (χ0v) is 14.0. The minimum atomic E-state index is -0.0700. The summed E-state index contributed by atoms with van der Waals surface area (Å²) in [6.45, 7) is 4.90. The van der Waals surface area contributed by atoms with Crippen molar-refractivity contribution in [1.29, 1.82) is 0 Å². The van der Waals surface area contributed by atoms with Crippen molar-refractivity contribution in [2.45, 2.75) is 20.3 Å². The fraction of sp³-hybridized carbons (Fsp3) is 0.500. The first-order chi connectivity index (χ1) is 10.9. The van der Waals surface area contributed by atoms with Crippen LogP contribution in [0.5, 0.6) is 11.5 Å². The molecule has 23 heavy (non-hydrogen) atoms. The number of fused-ring (bicyclic) bond motifs is 1. The minimum Gasteiger partial charge on any atom is -0.493 e. The number of nitrogens with one attached hydrogen (secondary N) is 1. The first-order valence-corrected chi connectivity index (χ1v) is 7.44. The highest BCUT2D eigenvalue weighted by atomic mass is 16.5. The summed E-state index contributed by atoms with van der Waals surface area (Å²) in [5.74, 6) is 2.00. The zero-order valence-electron chi connectivity index (χ0n) is 14.0. The predicted octanol–water partition coefficient (Wildman–Crippen LogP) is 2.05. The lowest BCUT2D eigenvalue weighted by molar-refractivity contribution is 0.220. The second-order valence-corrected chi connectivity index (χ2v) is 6.15. The predicted molar refractivity (Wildman–Crippen MR) is 91.0 cm³/mol. The molecule has 1 heterocycles. The van der Waals surface area contributed by atoms with Crippen molar-refractivity contribution in [2.24, 2.45) is 5.41 Å². The standard InChI is InChI=1S/C16H24N4O3/c1-16(2,5-6-21)9-18-15-19-11-8-13(23-4)12(22-3)7-10(11)14(17)20-15/h7-8,21H,5-6,9H2,1-4H3,(H3,17,18,19,20). The Morgan fingerprint density at radius 1 is 1.17 bits per heavy atom. The average molecular weight is 320 g/mol. The number of aromatic nitrogens is 2. The molecular weight excluding hydrogens is 296 g/mol. The van der Waals surface area contributed by atoms with Crippen molar-refractivity contribution in [3.63, 3.8) is 0 Å². The molecule has 0 aliphatic heterocycles. The number of nitrogens with zero attached hydrogens (tertiary/aromatic N) is 2. The maximum Gasteiger partial charge on any atom is 0.225 e. The molecule has 0 bridgehead atoms. The van der Waals surface area contributed by atoms with E-state index in [0.717, 1.165) is 0 Å². The van der Waals surface area contributed by atoms with Gasteiger partial charge in [0, 0.05) is 24.6 Å². The van der Waals surface area contributed by atoms with Crippen LogP contribution in [0.2, 0.25) is 0 Å². The number of hydrogen-bond donors (Lipinski definition) is 3. The minimum absolute atomic E-state index is 0.0700. The summed E-state index contributed by atoms with van der Waals surface area (Å²) in [4.78, 5) is 8.78. The molecule has 7 heteroatoms. The van der Waals surface area contributed by atoms with Crippen molar-refractivity contribution in [1.82, 2.24) is 9.97 Å². The van der Waals surface area contributed by atoms with E-state index in [1.165, 1.54) is 0 Å². The van der Waals surface area contributed by atoms with Crippen LogP contribution >= 0.6 is 0 Å². The Hall–Kier alpha value is -2.28. The molecule has 0 saturated heterocycles. The van der Waals surface area contributed by atoms with Crippen LogP contribution in [0.15, 0.2) is 12.1 Å². The summed E-state index contributed by atoms with van der Waals surface area (Å²) in [5.41, 5.74) is 6.65. The number of hydrogen-bond acceptors (Lipinski definition) is 7. The van der Waals surface area contributed by atoms with E-state index in [-0.39, 0.29) is 12.0 Å². The summed E-state index contributed by atoms with van der Waals surface area (Å²) in [6.07, 6.45) is 0.689. The number of ether oxygens (including phenoxy) is 2. The number of nitrogens with two attached hydrogens (primary N) is 1. The number of aliphatic hydroxyl groups excluding tert-OH is 1. The highest BCUT2D eigenvalue weighted by molar-refractivity contribution is 5.91. The van der Waals surface area contributed by atoms with Gasteiger partial charge in [0.25, 0.3) is 0 Å². The normalized spacial score (nSPS) is 11.5. The number of anilines is 2. The highest BCUT2D eigenvalue weighted by Gasteiger charge is 2.18. The van der Waals surface area contributed by atoms with Gasteiger partial charge < -0.3 is 25.6 Å². The molecular formula is C16H24N4O3. The number of nitrogen functional groups attached to an aromatic ring is 1. The lowest BCUT2D eigenvalue weighted by Crippen LogP contribution is -2.25. The Bertz CT molecular complexity index is 689. The van der Waals surface area contributed by atoms with Gasteiger partial charge in [-0.3, -0.25) is 0 Å². The first-order valence-electron chi connectivity index (χ1n) is 7.44. The van der Waals surface area contributed by atoms with Gasteiger partial charge in [-0.2, -0.15) is 4.98 Å². The maximum atomic E-state index is 9.09. The molecule has 0 fully saturated rings. The van der Waals surface area contributed by atoms with Gasteiger partial charge in [0.1, 0.15) is 5.82 Å². The van der Waals surface area contributed by atoms with Crippen molar-refractivity contribution in [2.75, 3.05) is 38.4 Å². The smallest absolute Gasteiger partial charge is 0.225 e. The van der Waals surface area contributed by atoms with Crippen LogP contribution < -0.4 is 20.5 Å². The summed E-state index contributed by atoms with van der Waals surface area (Å²) in [6, 6.07) is 3.54. The average Bonchev–Trinajstić information content (AvgIpc) is 2.52. The van der Waals surface area contributed by atoms with Crippen LogP contribution in [-0.4, -0.2) is 42.4 Å². The molecule has 0 radical (unpaired) electrons. The zero-order chi connectivity index (χ0) is 17.0. The van der Waals surface area contributed by atoms with E-state index in [2.05, 4.69) is 29.1 Å². The van der Waals surface area contributed by atoms with Crippen LogP contribution in [0.4, 0.5) is 11.8 Å². The van der Waals surface area contributed by atoms with Crippen LogP contribution in [0.1, 0.15) is 20.3 Å². The fourth-order valence-corrected chi connectivity index (χ4v) is 2.27. The van der Waals surface area contributed by atoms with E-state index < -0.39 is 0 Å². The molecule has 2 rings (SSSR count). The second kappa shape index (κ2) is 6.87. The molecule has 0 aliphatic rings. The molecule has 0 atom stereocenters. The van der Waals surface area contributed by atoms with Crippen LogP contribution in [0.3, 0.4) is 0 Å². The summed E-state index contributed by atoms with van der Waals surface area (Å²) in [5, 5.41) is 13.0. The van der Waals surface area contributed by atoms with E-state index in [1.807, 2.05) is 0 Å². The highest BCUT2D eigenvalue weighted by Crippen LogP contribution is 2.33. The second-order valence-electron chi connectivity index (χ2n) is 6.15. The van der Waals surface area contributed by atoms with E-state index in [1.54, 1.807) is 26.4 Å². The Balaban J connectivity index is 2.33. The third kappa shape index (κ3) is 3.92. The van der Waals surface area contributed by atoms with Crippen LogP contribution in [0, 0.1) is 5.41 Å². The van der Waals surface area contributed by atoms with Gasteiger partial charge >= 0.3 is 0 Å². The molecule has 1 aromatic carbocycles. The molecule has 2 aromatic rings. The molecule has 0 saturated carbocycles. The van der Waals surface area contributed by atoms with E-state index in [9.17, 15) is 0 Å². The van der Waals surface area contributed by atoms with Crippen molar-refractivity contribution >= 4 is 22.7 Å². The van der Waals surface area contributed by atoms with Crippen molar-refractivity contribution < 1.29 is 14.6 Å². The maximum absolute atomic E-state index is 9.09. The molecule has 0 unspecified atom stereocenters. The first kappa shape index (κ1) is 17.1. The Morgan fingerprint density at radius 3 is 2.43 bits per heavy atom. The van der Waals surface area contributed by atoms with Gasteiger partial charge in [-0.25, -0.2) is 4.98 Å². The van der Waals surface area contributed by atoms with Gasteiger partial charge in [-0.15, -0.1) is 0 Å². The van der Waals surface area contributed by atoms with Gasteiger partial charge in [0.05, 0.1) is 19.7 Å². The number of aliphatic hydroxyl groups is 1. The third-order valence-electron chi connectivity index (χ3n) is 3.74. The fourth-order valence-electron chi connectivity index (χ4n) is 2.27. The van der Waals surface area contributed by atoms with Crippen LogP contribution in [0.25, 0.3) is 10.9 Å². The van der Waals surface area contributed by atoms with E-state index >= 15 is 0 Å². The lowest BCUT2D eigenvalue weighted by atomic mass is 9.90. The largest absolute Gasteiger partial charge is 0.493 e. The van der Waals surface area contributed by atoms with Crippen molar-refractivity contribution in [3.05, 3.63) is 12.1 Å². The SMILES string of the molecule is COc1cc2nc(NCC(C)(C)CCO)nc(N)c2cc1OC. The van der Waals surface area contributed by atoms with Crippen molar-refractivity contribution in [3.8, 4) is 11.5 Å². The molecule has 0 spiro atoms. The third-order valence-corrected chi connectivity index (χ3v) is 3.74. The summed E-state index contributed by atoms with van der Waals surface area (Å²) < 4.78 is 10.6. The lowest BCUT2D eigenvalue weighted by Gasteiger charge is -2.24. The number of rotatable bonds is 7. The molecule has 4 N–H and O–H groups in total. The number of methoxy groups -OCH3 is 2. The topological polar surface area (TPSA) is 103 Å². The van der Waals surface area contributed by atoms with Gasteiger partial charge in [0.15, 0.2) is 11.5 Å². The molecule has 0 aliphatic carbocycles. The molecule has 126 valence electrons. The number of benzene rings is 1. The summed E-state index contributed by atoms with van der Waals surface area (Å²) >= 11 is 0. The Morgan fingerprint density at radius 2 is 1.83 bits per heavy atom. The summed E-state index contributed by atoms with van der Waals surface area (Å²) in [7, 11) is 3.14. The van der Waals surface area contributed by atoms with E-state index in [4.69, 9.17) is 20.3 Å². The quantitative estimate of drug-likeness (QED) is 0.717. The van der Waals surface area contributed by atoms with Crippen LogP contribution in [-0.2, 0) is 0 Å². The molecule has 0 amide bonds. The molecule has 1 aromatic heterocycles. The van der Waals surface area contributed by atoms with Gasteiger partial charge in [-0.1, -0.05) is 13.8 Å². The van der Waals surface area contributed by atoms with E-state index in [0.29, 0.717) is 47.1 Å².